The summed E-state index contributed by atoms with van der Waals surface area (Å²) in [7, 11) is 0. The van der Waals surface area contributed by atoms with Crippen molar-refractivity contribution in [3.63, 3.8) is 0 Å². The molecule has 0 heterocycles. The second-order valence-corrected chi connectivity index (χ2v) is 5.42. The number of anilines is 1. The zero-order valence-corrected chi connectivity index (χ0v) is 14.2. The van der Waals surface area contributed by atoms with Crippen molar-refractivity contribution in [3.8, 4) is 0 Å². The fourth-order valence-corrected chi connectivity index (χ4v) is 2.06. The number of aryl methyl sites for hydroxylation is 1. The zero-order valence-electron chi connectivity index (χ0n) is 14.2. The molecule has 2 N–H and O–H groups in total. The molecule has 0 bridgehead atoms. The van der Waals surface area contributed by atoms with Gasteiger partial charge in [0.2, 0.25) is 0 Å². The minimum absolute atomic E-state index is 0.272. The van der Waals surface area contributed by atoms with Crippen molar-refractivity contribution < 1.29 is 19.1 Å². The van der Waals surface area contributed by atoms with Gasteiger partial charge < -0.3 is 15.4 Å². The number of hydrogen-bond donors (Lipinski definition) is 2. The highest BCUT2D eigenvalue weighted by atomic mass is 16.5. The topological polar surface area (TPSA) is 84.5 Å². The lowest BCUT2D eigenvalue weighted by atomic mass is 10.1. The van der Waals surface area contributed by atoms with Gasteiger partial charge in [-0.15, -0.1) is 0 Å². The predicted octanol–water partition coefficient (Wildman–Crippen LogP) is 2.43. The van der Waals surface area contributed by atoms with E-state index in [1.54, 1.807) is 6.92 Å². The lowest BCUT2D eigenvalue weighted by Gasteiger charge is -2.08. The highest BCUT2D eigenvalue weighted by molar-refractivity contribution is 6.39. The Hall–Kier alpha value is -3.15. The Morgan fingerprint density at radius 3 is 2.16 bits per heavy atom. The number of benzene rings is 2. The van der Waals surface area contributed by atoms with Crippen LogP contribution >= 0.6 is 0 Å². The van der Waals surface area contributed by atoms with Crippen LogP contribution in [0.4, 0.5) is 5.69 Å². The molecule has 0 aromatic heterocycles. The number of esters is 1. The third-order valence-corrected chi connectivity index (χ3v) is 3.43. The molecule has 130 valence electrons. The Balaban J connectivity index is 1.87. The molecule has 6 heteroatoms. The molecule has 25 heavy (non-hydrogen) atoms. The van der Waals surface area contributed by atoms with Crippen LogP contribution in [-0.4, -0.2) is 24.4 Å². The number of hydrogen-bond acceptors (Lipinski definition) is 4. The predicted molar refractivity (Wildman–Crippen MR) is 94.1 cm³/mol. The summed E-state index contributed by atoms with van der Waals surface area (Å²) < 4.78 is 4.88. The van der Waals surface area contributed by atoms with E-state index in [0.717, 1.165) is 11.1 Å². The Bertz CT molecular complexity index is 752. The molecular weight excluding hydrogens is 320 g/mol. The molecule has 0 fully saturated rings. The molecule has 2 aromatic rings. The van der Waals surface area contributed by atoms with E-state index >= 15 is 0 Å². The lowest BCUT2D eigenvalue weighted by Crippen LogP contribution is -2.34. The Labute approximate surface area is 146 Å². The normalized spacial score (nSPS) is 10.0. The average Bonchev–Trinajstić information content (AvgIpc) is 2.61. The average molecular weight is 340 g/mol. The molecule has 2 aromatic carbocycles. The van der Waals surface area contributed by atoms with Crippen molar-refractivity contribution in [2.45, 2.75) is 20.4 Å². The van der Waals surface area contributed by atoms with Gasteiger partial charge in [0.05, 0.1) is 12.2 Å². The van der Waals surface area contributed by atoms with Crippen molar-refractivity contribution >= 4 is 23.5 Å². The van der Waals surface area contributed by atoms with Crippen LogP contribution in [0.15, 0.2) is 48.5 Å². The second kappa shape index (κ2) is 8.63. The molecule has 0 aliphatic carbocycles. The van der Waals surface area contributed by atoms with Gasteiger partial charge in [0, 0.05) is 12.2 Å². The van der Waals surface area contributed by atoms with Crippen LogP contribution in [0.25, 0.3) is 0 Å². The molecule has 0 aliphatic rings. The summed E-state index contributed by atoms with van der Waals surface area (Å²) in [4.78, 5) is 35.3. The standard InChI is InChI=1S/C19H20N2O4/c1-3-25-19(24)15-8-10-16(11-9-15)21-18(23)17(22)20-12-14-6-4-13(2)5-7-14/h4-11H,3,12H2,1-2H3,(H,20,22)(H,21,23). The monoisotopic (exact) mass is 340 g/mol. The zero-order chi connectivity index (χ0) is 18.2. The summed E-state index contributed by atoms with van der Waals surface area (Å²) in [6.45, 7) is 4.26. The minimum Gasteiger partial charge on any atom is -0.462 e. The van der Waals surface area contributed by atoms with Crippen LogP contribution in [0, 0.1) is 6.92 Å². The molecule has 0 unspecified atom stereocenters. The second-order valence-electron chi connectivity index (χ2n) is 5.42. The van der Waals surface area contributed by atoms with Gasteiger partial charge in [-0.25, -0.2) is 4.79 Å². The quantitative estimate of drug-likeness (QED) is 0.647. The largest absolute Gasteiger partial charge is 0.462 e. The van der Waals surface area contributed by atoms with Gasteiger partial charge >= 0.3 is 17.8 Å². The molecule has 0 spiro atoms. The maximum absolute atomic E-state index is 11.9. The summed E-state index contributed by atoms with van der Waals surface area (Å²) in [5.74, 6) is -1.93. The molecule has 0 aliphatic heterocycles. The van der Waals surface area contributed by atoms with Gasteiger partial charge in [0.1, 0.15) is 0 Å². The van der Waals surface area contributed by atoms with E-state index in [-0.39, 0.29) is 6.54 Å². The Kier molecular flexibility index (Phi) is 6.28. The molecule has 0 saturated heterocycles. The van der Waals surface area contributed by atoms with Crippen molar-refractivity contribution in [1.29, 1.82) is 0 Å². The van der Waals surface area contributed by atoms with Crippen LogP contribution in [-0.2, 0) is 20.9 Å². The third kappa shape index (κ3) is 5.46. The fourth-order valence-electron chi connectivity index (χ4n) is 2.06. The van der Waals surface area contributed by atoms with Gasteiger partial charge in [0.15, 0.2) is 0 Å². The number of ether oxygens (including phenoxy) is 1. The van der Waals surface area contributed by atoms with E-state index in [1.165, 1.54) is 24.3 Å². The van der Waals surface area contributed by atoms with E-state index in [2.05, 4.69) is 10.6 Å². The van der Waals surface area contributed by atoms with Crippen molar-refractivity contribution in [2.24, 2.45) is 0 Å². The molecule has 6 nitrogen and oxygen atoms in total. The first kappa shape index (κ1) is 18.2. The van der Waals surface area contributed by atoms with E-state index in [0.29, 0.717) is 17.9 Å². The smallest absolute Gasteiger partial charge is 0.338 e. The van der Waals surface area contributed by atoms with Crippen molar-refractivity contribution in [3.05, 3.63) is 65.2 Å². The first-order valence-corrected chi connectivity index (χ1v) is 7.91. The SMILES string of the molecule is CCOC(=O)c1ccc(NC(=O)C(=O)NCc2ccc(C)cc2)cc1. The summed E-state index contributed by atoms with van der Waals surface area (Å²) in [5.41, 5.74) is 2.83. The fraction of sp³-hybridized carbons (Fsp3) is 0.211. The summed E-state index contributed by atoms with van der Waals surface area (Å²) >= 11 is 0. The number of rotatable bonds is 5. The van der Waals surface area contributed by atoms with Crippen molar-refractivity contribution in [2.75, 3.05) is 11.9 Å². The Morgan fingerprint density at radius 1 is 0.920 bits per heavy atom. The van der Waals surface area contributed by atoms with Crippen LogP contribution in [0.2, 0.25) is 0 Å². The maximum atomic E-state index is 11.9. The van der Waals surface area contributed by atoms with Crippen molar-refractivity contribution in [1.82, 2.24) is 5.32 Å². The molecule has 0 saturated carbocycles. The number of carbonyl (C=O) groups is 3. The summed E-state index contributed by atoms with van der Waals surface area (Å²) in [6, 6.07) is 13.8. The van der Waals surface area contributed by atoms with E-state index in [9.17, 15) is 14.4 Å². The van der Waals surface area contributed by atoms with Crippen LogP contribution in [0.1, 0.15) is 28.4 Å². The minimum atomic E-state index is -0.768. The number of amides is 2. The van der Waals surface area contributed by atoms with Gasteiger partial charge in [0.25, 0.3) is 0 Å². The highest BCUT2D eigenvalue weighted by Gasteiger charge is 2.14. The van der Waals surface area contributed by atoms with Gasteiger partial charge in [-0.2, -0.15) is 0 Å². The van der Waals surface area contributed by atoms with Crippen LogP contribution in [0.3, 0.4) is 0 Å². The maximum Gasteiger partial charge on any atom is 0.338 e. The molecule has 0 atom stereocenters. The molecule has 0 radical (unpaired) electrons. The van der Waals surface area contributed by atoms with Gasteiger partial charge in [-0.05, 0) is 43.7 Å². The molecule has 2 rings (SSSR count). The summed E-state index contributed by atoms with van der Waals surface area (Å²) in [5, 5.41) is 5.04. The van der Waals surface area contributed by atoms with E-state index in [1.807, 2.05) is 31.2 Å². The van der Waals surface area contributed by atoms with Crippen LogP contribution < -0.4 is 10.6 Å². The number of nitrogens with one attached hydrogen (secondary N) is 2. The van der Waals surface area contributed by atoms with Gasteiger partial charge in [-0.3, -0.25) is 9.59 Å². The highest BCUT2D eigenvalue weighted by Crippen LogP contribution is 2.10. The lowest BCUT2D eigenvalue weighted by molar-refractivity contribution is -0.136. The summed E-state index contributed by atoms with van der Waals surface area (Å²) in [6.07, 6.45) is 0. The van der Waals surface area contributed by atoms with Crippen LogP contribution in [0.5, 0.6) is 0 Å². The Morgan fingerprint density at radius 2 is 1.56 bits per heavy atom. The number of carbonyl (C=O) groups excluding carboxylic acids is 3. The first-order chi connectivity index (χ1) is 12.0. The van der Waals surface area contributed by atoms with E-state index in [4.69, 9.17) is 4.74 Å². The molecule has 2 amide bonds. The van der Waals surface area contributed by atoms with E-state index < -0.39 is 17.8 Å². The molecular formula is C19H20N2O4. The first-order valence-electron chi connectivity index (χ1n) is 7.91. The van der Waals surface area contributed by atoms with Gasteiger partial charge in [-0.1, -0.05) is 29.8 Å². The third-order valence-electron chi connectivity index (χ3n) is 3.43.